The summed E-state index contributed by atoms with van der Waals surface area (Å²) in [6.45, 7) is 4.05. The van der Waals surface area contributed by atoms with Crippen LogP contribution >= 0.6 is 0 Å². The number of carbonyl (C=O) groups is 1. The highest BCUT2D eigenvalue weighted by atomic mass is 16.4. The van der Waals surface area contributed by atoms with Crippen LogP contribution in [0.2, 0.25) is 0 Å². The number of aryl methyl sites for hydroxylation is 1. The molecule has 3 heterocycles. The average Bonchev–Trinajstić information content (AvgIpc) is 3.18. The van der Waals surface area contributed by atoms with E-state index in [4.69, 9.17) is 15.7 Å². The quantitative estimate of drug-likeness (QED) is 0.311. The van der Waals surface area contributed by atoms with Crippen molar-refractivity contribution in [3.05, 3.63) is 76.6 Å². The van der Waals surface area contributed by atoms with Gasteiger partial charge in [0.05, 0.1) is 11.2 Å². The summed E-state index contributed by atoms with van der Waals surface area (Å²) in [6, 6.07) is 14.6. The number of benzene rings is 2. The van der Waals surface area contributed by atoms with E-state index in [2.05, 4.69) is 17.3 Å². The first-order chi connectivity index (χ1) is 16.8. The molecule has 0 saturated carbocycles. The number of anilines is 1. The molecule has 9 nitrogen and oxygen atoms in total. The molecular formula is C25H27BN6O3. The molecule has 2 aromatic heterocycles. The van der Waals surface area contributed by atoms with Gasteiger partial charge < -0.3 is 26.0 Å². The zero-order valence-electron chi connectivity index (χ0n) is 19.7. The number of amides is 1. The van der Waals surface area contributed by atoms with Crippen molar-refractivity contribution in [2.75, 3.05) is 18.9 Å². The van der Waals surface area contributed by atoms with Crippen LogP contribution in [0.1, 0.15) is 32.9 Å². The van der Waals surface area contributed by atoms with Crippen LogP contribution in [0, 0.1) is 6.92 Å². The Morgan fingerprint density at radius 2 is 1.97 bits per heavy atom. The van der Waals surface area contributed by atoms with Crippen LogP contribution in [-0.4, -0.2) is 56.1 Å². The van der Waals surface area contributed by atoms with Gasteiger partial charge in [0.15, 0.2) is 0 Å². The molecule has 1 aliphatic heterocycles. The van der Waals surface area contributed by atoms with Crippen LogP contribution in [0.4, 0.5) is 5.82 Å². The molecule has 178 valence electrons. The summed E-state index contributed by atoms with van der Waals surface area (Å²) in [5.41, 5.74) is 11.2. The number of nitrogens with two attached hydrogens (primary N) is 1. The molecule has 35 heavy (non-hydrogen) atoms. The standard InChI is InChI=1S/C25H27BN6O3/c1-15-11-19-18(23(27)33)7-4-8-22(19)32(15)25-29-21-9-10-31(2)14-20(21)24(30-25)28-13-16-5-3-6-17(12-16)26(34)35/h3-8,11-12,34-35H,9-10,13-14H2,1-2H3,(H2,27,33)(H,28,29,30). The lowest BCUT2D eigenvalue weighted by atomic mass is 9.79. The number of hydrogen-bond acceptors (Lipinski definition) is 7. The van der Waals surface area contributed by atoms with Crippen LogP contribution in [-0.2, 0) is 19.5 Å². The van der Waals surface area contributed by atoms with Crippen LogP contribution in [0.25, 0.3) is 16.9 Å². The number of carbonyl (C=O) groups excluding carboxylic acids is 1. The lowest BCUT2D eigenvalue weighted by Crippen LogP contribution is -2.30. The van der Waals surface area contributed by atoms with E-state index in [1.54, 1.807) is 24.3 Å². The molecule has 0 unspecified atom stereocenters. The Morgan fingerprint density at radius 3 is 2.74 bits per heavy atom. The number of likely N-dealkylation sites (N-methyl/N-ethyl adjacent to an activating group) is 1. The highest BCUT2D eigenvalue weighted by Gasteiger charge is 2.23. The first kappa shape index (κ1) is 23.0. The van der Waals surface area contributed by atoms with Crippen molar-refractivity contribution in [3.63, 3.8) is 0 Å². The lowest BCUT2D eigenvalue weighted by molar-refractivity contribution is 0.100. The molecule has 0 radical (unpaired) electrons. The summed E-state index contributed by atoms with van der Waals surface area (Å²) in [4.78, 5) is 24.1. The maximum Gasteiger partial charge on any atom is 0.488 e. The predicted octanol–water partition coefficient (Wildman–Crippen LogP) is 1.11. The van der Waals surface area contributed by atoms with Crippen molar-refractivity contribution < 1.29 is 14.8 Å². The van der Waals surface area contributed by atoms with Crippen molar-refractivity contribution in [2.24, 2.45) is 5.73 Å². The number of aromatic nitrogens is 3. The van der Waals surface area contributed by atoms with Gasteiger partial charge in [-0.1, -0.05) is 30.3 Å². The minimum Gasteiger partial charge on any atom is -0.423 e. The van der Waals surface area contributed by atoms with Gasteiger partial charge in [-0.3, -0.25) is 9.36 Å². The molecule has 5 N–H and O–H groups in total. The van der Waals surface area contributed by atoms with E-state index >= 15 is 0 Å². The monoisotopic (exact) mass is 470 g/mol. The Hall–Kier alpha value is -3.73. The fourth-order valence-corrected chi connectivity index (χ4v) is 4.68. The fourth-order valence-electron chi connectivity index (χ4n) is 4.68. The lowest BCUT2D eigenvalue weighted by Gasteiger charge is -2.27. The Bertz CT molecular complexity index is 1430. The summed E-state index contributed by atoms with van der Waals surface area (Å²) in [5, 5.41) is 23.2. The number of nitrogens with one attached hydrogen (secondary N) is 1. The molecule has 10 heteroatoms. The summed E-state index contributed by atoms with van der Waals surface area (Å²) >= 11 is 0. The second-order valence-electron chi connectivity index (χ2n) is 8.98. The fraction of sp³-hybridized carbons (Fsp3) is 0.240. The minimum atomic E-state index is -1.52. The highest BCUT2D eigenvalue weighted by molar-refractivity contribution is 6.58. The van der Waals surface area contributed by atoms with Crippen molar-refractivity contribution >= 4 is 35.2 Å². The molecule has 0 bridgehead atoms. The number of nitrogens with zero attached hydrogens (tertiary/aromatic N) is 4. The number of fused-ring (bicyclic) bond motifs is 2. The summed E-state index contributed by atoms with van der Waals surface area (Å²) in [5.74, 6) is 0.794. The van der Waals surface area contributed by atoms with Crippen LogP contribution in [0.3, 0.4) is 0 Å². The van der Waals surface area contributed by atoms with Gasteiger partial charge in [-0.15, -0.1) is 0 Å². The molecule has 0 aliphatic carbocycles. The maximum absolute atomic E-state index is 12.0. The van der Waals surface area contributed by atoms with Gasteiger partial charge in [0.1, 0.15) is 5.82 Å². The van der Waals surface area contributed by atoms with Crippen LogP contribution in [0.5, 0.6) is 0 Å². The molecule has 0 spiro atoms. The third kappa shape index (κ3) is 4.39. The molecule has 0 fully saturated rings. The SMILES string of the molecule is Cc1cc2c(C(N)=O)cccc2n1-c1nc2c(c(NCc3cccc(B(O)O)c3)n1)CN(C)CC2. The Labute approximate surface area is 203 Å². The van der Waals surface area contributed by atoms with Crippen molar-refractivity contribution in [2.45, 2.75) is 26.4 Å². The predicted molar refractivity (Wildman–Crippen MR) is 136 cm³/mol. The van der Waals surface area contributed by atoms with Crippen LogP contribution < -0.4 is 16.5 Å². The summed E-state index contributed by atoms with van der Waals surface area (Å²) < 4.78 is 1.95. The third-order valence-electron chi connectivity index (χ3n) is 6.44. The van der Waals surface area contributed by atoms with Gasteiger partial charge in [-0.25, -0.2) is 4.98 Å². The topological polar surface area (TPSA) is 130 Å². The maximum atomic E-state index is 12.0. The second kappa shape index (κ2) is 9.14. The van der Waals surface area contributed by atoms with E-state index in [-0.39, 0.29) is 0 Å². The minimum absolute atomic E-state index is 0.439. The van der Waals surface area contributed by atoms with Gasteiger partial charge in [0.2, 0.25) is 11.9 Å². The van der Waals surface area contributed by atoms with Crippen molar-refractivity contribution in [1.82, 2.24) is 19.4 Å². The number of hydrogen-bond donors (Lipinski definition) is 4. The van der Waals surface area contributed by atoms with E-state index in [0.29, 0.717) is 23.5 Å². The van der Waals surface area contributed by atoms with E-state index in [9.17, 15) is 14.8 Å². The third-order valence-corrected chi connectivity index (χ3v) is 6.44. The molecule has 0 saturated heterocycles. The molecular weight excluding hydrogens is 443 g/mol. The first-order valence-electron chi connectivity index (χ1n) is 11.5. The number of rotatable bonds is 6. The smallest absolute Gasteiger partial charge is 0.423 e. The van der Waals surface area contributed by atoms with Crippen molar-refractivity contribution in [1.29, 1.82) is 0 Å². The molecule has 4 aromatic rings. The van der Waals surface area contributed by atoms with Gasteiger partial charge in [-0.05, 0) is 43.2 Å². The summed E-state index contributed by atoms with van der Waals surface area (Å²) in [7, 11) is 0.555. The summed E-state index contributed by atoms with van der Waals surface area (Å²) in [6.07, 6.45) is 0.799. The van der Waals surface area contributed by atoms with E-state index in [1.807, 2.05) is 35.8 Å². The van der Waals surface area contributed by atoms with Crippen LogP contribution in [0.15, 0.2) is 48.5 Å². The van der Waals surface area contributed by atoms with Gasteiger partial charge in [0.25, 0.3) is 0 Å². The average molecular weight is 470 g/mol. The number of primary amides is 1. The van der Waals surface area contributed by atoms with E-state index in [0.717, 1.165) is 58.7 Å². The molecule has 1 amide bonds. The highest BCUT2D eigenvalue weighted by Crippen LogP contribution is 2.29. The molecule has 1 aliphatic rings. The van der Waals surface area contributed by atoms with Gasteiger partial charge >= 0.3 is 7.12 Å². The normalized spacial score (nSPS) is 13.6. The Morgan fingerprint density at radius 1 is 1.17 bits per heavy atom. The Kier molecular flexibility index (Phi) is 6.02. The molecule has 2 aromatic carbocycles. The zero-order chi connectivity index (χ0) is 24.7. The van der Waals surface area contributed by atoms with E-state index in [1.165, 1.54) is 0 Å². The molecule has 5 rings (SSSR count). The Balaban J connectivity index is 1.59. The largest absolute Gasteiger partial charge is 0.488 e. The first-order valence-corrected chi connectivity index (χ1v) is 11.5. The second-order valence-corrected chi connectivity index (χ2v) is 8.98. The zero-order valence-corrected chi connectivity index (χ0v) is 19.7. The van der Waals surface area contributed by atoms with Gasteiger partial charge in [0, 0.05) is 48.3 Å². The van der Waals surface area contributed by atoms with Crippen molar-refractivity contribution in [3.8, 4) is 5.95 Å². The van der Waals surface area contributed by atoms with Gasteiger partial charge in [-0.2, -0.15) is 4.98 Å². The van der Waals surface area contributed by atoms with E-state index < -0.39 is 13.0 Å². The molecule has 0 atom stereocenters.